The number of hydrogen-bond acceptors (Lipinski definition) is 5. The van der Waals surface area contributed by atoms with E-state index in [9.17, 15) is 15.3 Å². The summed E-state index contributed by atoms with van der Waals surface area (Å²) in [6.45, 7) is 0.257. The Morgan fingerprint density at radius 3 is 1.85 bits per heavy atom. The van der Waals surface area contributed by atoms with Gasteiger partial charge < -0.3 is 24.8 Å². The molecular formula is C21H24O5. The van der Waals surface area contributed by atoms with E-state index in [1.165, 1.54) is 0 Å². The molecule has 138 valence electrons. The molecule has 2 aromatic rings. The van der Waals surface area contributed by atoms with Crippen LogP contribution in [0.25, 0.3) is 0 Å². The van der Waals surface area contributed by atoms with Gasteiger partial charge in [-0.05, 0) is 22.8 Å². The summed E-state index contributed by atoms with van der Waals surface area (Å²) < 4.78 is 11.6. The normalized spacial score (nSPS) is 25.7. The van der Waals surface area contributed by atoms with Gasteiger partial charge in [0.25, 0.3) is 0 Å². The first kappa shape index (κ1) is 18.8. The lowest BCUT2D eigenvalue weighted by Crippen LogP contribution is -2.51. The Morgan fingerprint density at radius 1 is 0.769 bits per heavy atom. The summed E-state index contributed by atoms with van der Waals surface area (Å²) in [5.41, 5.74) is 2.31. The molecule has 3 N–H and O–H groups in total. The van der Waals surface area contributed by atoms with Crippen molar-refractivity contribution in [3.05, 3.63) is 83.4 Å². The smallest absolute Gasteiger partial charge is 0.116 e. The summed E-state index contributed by atoms with van der Waals surface area (Å²) in [6.07, 6.45) is -2.06. The van der Waals surface area contributed by atoms with Crippen molar-refractivity contribution in [3.63, 3.8) is 0 Å². The minimum atomic E-state index is -1.07. The summed E-state index contributed by atoms with van der Waals surface area (Å²) in [7, 11) is 0. The third-order valence-electron chi connectivity index (χ3n) is 4.50. The van der Waals surface area contributed by atoms with Crippen LogP contribution in [-0.4, -0.2) is 46.3 Å². The number of aliphatic hydroxyl groups excluding tert-OH is 3. The van der Waals surface area contributed by atoms with Gasteiger partial charge in [-0.3, -0.25) is 0 Å². The maximum absolute atomic E-state index is 10.6. The lowest BCUT2D eigenvalue weighted by atomic mass is 9.89. The predicted octanol–water partition coefficient (Wildman–Crippen LogP) is 1.81. The van der Waals surface area contributed by atoms with Gasteiger partial charge in [0.2, 0.25) is 0 Å². The van der Waals surface area contributed by atoms with Crippen LogP contribution in [0.15, 0.2) is 72.3 Å². The van der Waals surface area contributed by atoms with Crippen LogP contribution in [0.1, 0.15) is 11.1 Å². The number of hydrogen-bond donors (Lipinski definition) is 3. The Labute approximate surface area is 153 Å². The average Bonchev–Trinajstić information content (AvgIpc) is 2.69. The van der Waals surface area contributed by atoms with Crippen LogP contribution in [0, 0.1) is 0 Å². The molecule has 0 bridgehead atoms. The van der Waals surface area contributed by atoms with E-state index in [-0.39, 0.29) is 13.2 Å². The molecule has 1 aliphatic carbocycles. The quantitative estimate of drug-likeness (QED) is 0.660. The minimum absolute atomic E-state index is 0.254. The first-order valence-corrected chi connectivity index (χ1v) is 8.67. The molecule has 2 aromatic carbocycles. The third kappa shape index (κ3) is 4.58. The van der Waals surface area contributed by atoms with E-state index in [1.807, 2.05) is 60.7 Å². The van der Waals surface area contributed by atoms with Crippen LogP contribution in [0.5, 0.6) is 0 Å². The highest BCUT2D eigenvalue weighted by Crippen LogP contribution is 2.26. The molecule has 0 saturated carbocycles. The lowest BCUT2D eigenvalue weighted by molar-refractivity contribution is -0.145. The van der Waals surface area contributed by atoms with Crippen molar-refractivity contribution in [2.75, 3.05) is 6.61 Å². The molecule has 0 heterocycles. The van der Waals surface area contributed by atoms with Gasteiger partial charge in [0.15, 0.2) is 0 Å². The van der Waals surface area contributed by atoms with E-state index in [2.05, 4.69) is 0 Å². The fraction of sp³-hybridized carbons (Fsp3) is 0.333. The van der Waals surface area contributed by atoms with Crippen molar-refractivity contribution >= 4 is 0 Å². The number of benzene rings is 2. The fourth-order valence-electron chi connectivity index (χ4n) is 3.01. The Hall–Kier alpha value is -2.02. The van der Waals surface area contributed by atoms with E-state index in [0.717, 1.165) is 11.1 Å². The van der Waals surface area contributed by atoms with E-state index in [4.69, 9.17) is 9.47 Å². The van der Waals surface area contributed by atoms with Crippen molar-refractivity contribution in [2.24, 2.45) is 0 Å². The number of rotatable bonds is 7. The van der Waals surface area contributed by atoms with Gasteiger partial charge in [-0.1, -0.05) is 60.7 Å². The van der Waals surface area contributed by atoms with E-state index < -0.39 is 24.4 Å². The molecule has 26 heavy (non-hydrogen) atoms. The molecule has 0 unspecified atom stereocenters. The van der Waals surface area contributed by atoms with Crippen molar-refractivity contribution in [1.29, 1.82) is 0 Å². The SMILES string of the molecule is OCC1=C[C@H](OCc2ccccc2)[C@@H](O)[C@H](OCc2ccccc2)[C@H]1O. The van der Waals surface area contributed by atoms with Crippen LogP contribution < -0.4 is 0 Å². The Balaban J connectivity index is 1.68. The van der Waals surface area contributed by atoms with Gasteiger partial charge in [-0.15, -0.1) is 0 Å². The zero-order chi connectivity index (χ0) is 18.4. The highest BCUT2D eigenvalue weighted by Gasteiger charge is 2.39. The molecule has 0 aliphatic heterocycles. The van der Waals surface area contributed by atoms with Crippen LogP contribution >= 0.6 is 0 Å². The summed E-state index contributed by atoms with van der Waals surface area (Å²) in [5, 5.41) is 30.6. The second-order valence-electron chi connectivity index (χ2n) is 6.36. The highest BCUT2D eigenvalue weighted by atomic mass is 16.5. The monoisotopic (exact) mass is 356 g/mol. The standard InChI is InChI=1S/C21H24O5/c22-12-17-11-18(25-13-15-7-3-1-4-8-15)20(24)21(19(17)23)26-14-16-9-5-2-6-10-16/h1-11,18-24H,12-14H2/t18-,19-,20+,21+/m0/s1. The molecule has 5 nitrogen and oxygen atoms in total. The lowest BCUT2D eigenvalue weighted by Gasteiger charge is -2.37. The molecule has 3 rings (SSSR count). The molecule has 0 radical (unpaired) electrons. The van der Waals surface area contributed by atoms with E-state index in [0.29, 0.717) is 12.2 Å². The first-order valence-electron chi connectivity index (χ1n) is 8.67. The van der Waals surface area contributed by atoms with Gasteiger partial charge in [0.05, 0.1) is 19.8 Å². The van der Waals surface area contributed by atoms with Crippen LogP contribution in [0.2, 0.25) is 0 Å². The molecule has 0 aromatic heterocycles. The van der Waals surface area contributed by atoms with Gasteiger partial charge in [-0.25, -0.2) is 0 Å². The number of aliphatic hydroxyl groups is 3. The maximum Gasteiger partial charge on any atom is 0.116 e. The Kier molecular flexibility index (Phi) is 6.55. The van der Waals surface area contributed by atoms with Crippen LogP contribution in [0.3, 0.4) is 0 Å². The van der Waals surface area contributed by atoms with Gasteiger partial charge >= 0.3 is 0 Å². The molecule has 4 atom stereocenters. The topological polar surface area (TPSA) is 79.2 Å². The van der Waals surface area contributed by atoms with Crippen LogP contribution in [0.4, 0.5) is 0 Å². The van der Waals surface area contributed by atoms with E-state index in [1.54, 1.807) is 6.08 Å². The zero-order valence-electron chi connectivity index (χ0n) is 14.4. The molecule has 0 saturated heterocycles. The van der Waals surface area contributed by atoms with Crippen molar-refractivity contribution in [1.82, 2.24) is 0 Å². The summed E-state index contributed by atoms with van der Waals surface area (Å²) >= 11 is 0. The van der Waals surface area contributed by atoms with Crippen molar-refractivity contribution < 1.29 is 24.8 Å². The predicted molar refractivity (Wildman–Crippen MR) is 97.2 cm³/mol. The maximum atomic E-state index is 10.6. The van der Waals surface area contributed by atoms with Crippen molar-refractivity contribution in [3.8, 4) is 0 Å². The molecule has 0 spiro atoms. The highest BCUT2D eigenvalue weighted by molar-refractivity contribution is 5.22. The van der Waals surface area contributed by atoms with Crippen LogP contribution in [-0.2, 0) is 22.7 Å². The minimum Gasteiger partial charge on any atom is -0.392 e. The van der Waals surface area contributed by atoms with Gasteiger partial charge in [0.1, 0.15) is 24.4 Å². The molecule has 0 fully saturated rings. The number of ether oxygens (including phenoxy) is 2. The second kappa shape index (κ2) is 9.07. The largest absolute Gasteiger partial charge is 0.392 e. The first-order chi connectivity index (χ1) is 12.7. The van der Waals surface area contributed by atoms with Gasteiger partial charge in [0, 0.05) is 0 Å². The van der Waals surface area contributed by atoms with Crippen molar-refractivity contribution in [2.45, 2.75) is 37.6 Å². The average molecular weight is 356 g/mol. The zero-order valence-corrected chi connectivity index (χ0v) is 14.4. The summed E-state index contributed by atoms with van der Waals surface area (Å²) in [4.78, 5) is 0. The Bertz CT molecular complexity index is 701. The fourth-order valence-corrected chi connectivity index (χ4v) is 3.01. The molecule has 5 heteroatoms. The molecular weight excluding hydrogens is 332 g/mol. The molecule has 1 aliphatic rings. The summed E-state index contributed by atoms with van der Waals surface area (Å²) in [5.74, 6) is 0. The molecule has 0 amide bonds. The van der Waals surface area contributed by atoms with Gasteiger partial charge in [-0.2, -0.15) is 0 Å². The van der Waals surface area contributed by atoms with E-state index >= 15 is 0 Å². The second-order valence-corrected chi connectivity index (χ2v) is 6.36. The summed E-state index contributed by atoms with van der Waals surface area (Å²) in [6, 6.07) is 19.2. The Morgan fingerprint density at radius 2 is 1.31 bits per heavy atom. The third-order valence-corrected chi connectivity index (χ3v) is 4.50.